The molecule has 0 saturated carbocycles. The van der Waals surface area contributed by atoms with E-state index in [1.807, 2.05) is 48.5 Å². The molecule has 0 spiro atoms. The summed E-state index contributed by atoms with van der Waals surface area (Å²) < 4.78 is 5.26. The summed E-state index contributed by atoms with van der Waals surface area (Å²) in [5.74, 6) is -0.600. The molecule has 0 heterocycles. The van der Waals surface area contributed by atoms with Crippen LogP contribution in [0.15, 0.2) is 48.5 Å². The van der Waals surface area contributed by atoms with E-state index in [0.29, 0.717) is 19.3 Å². The molecular formula is C24H31N3O4. The molecule has 3 amide bonds. The number of carbonyl (C=O) groups excluding carboxylic acids is 3. The van der Waals surface area contributed by atoms with Crippen LogP contribution in [-0.2, 0) is 27.2 Å². The normalized spacial score (nSPS) is 12.0. The molecule has 1 atom stereocenters. The molecule has 2 rings (SSSR count). The van der Waals surface area contributed by atoms with Crippen molar-refractivity contribution in [3.63, 3.8) is 0 Å². The molecule has 0 aliphatic heterocycles. The third-order valence-corrected chi connectivity index (χ3v) is 4.59. The van der Waals surface area contributed by atoms with Crippen molar-refractivity contribution < 1.29 is 19.1 Å². The Hall–Kier alpha value is -3.35. The van der Waals surface area contributed by atoms with Gasteiger partial charge in [0.25, 0.3) is 0 Å². The van der Waals surface area contributed by atoms with Gasteiger partial charge in [-0.25, -0.2) is 4.79 Å². The number of benzene rings is 2. The molecule has 0 bridgehead atoms. The zero-order chi connectivity index (χ0) is 23.0. The average molecular weight is 426 g/mol. The number of hydrogen-bond acceptors (Lipinski definition) is 4. The van der Waals surface area contributed by atoms with Crippen LogP contribution in [0.2, 0.25) is 0 Å². The maximum atomic E-state index is 12.2. The van der Waals surface area contributed by atoms with E-state index in [0.717, 1.165) is 22.3 Å². The molecule has 0 fully saturated rings. The van der Waals surface area contributed by atoms with Gasteiger partial charge >= 0.3 is 6.09 Å². The van der Waals surface area contributed by atoms with Crippen LogP contribution in [0.3, 0.4) is 0 Å². The third-order valence-electron chi connectivity index (χ3n) is 4.59. The Morgan fingerprint density at radius 1 is 0.935 bits per heavy atom. The van der Waals surface area contributed by atoms with Crippen molar-refractivity contribution in [3.8, 4) is 11.1 Å². The highest BCUT2D eigenvalue weighted by Crippen LogP contribution is 2.21. The van der Waals surface area contributed by atoms with Gasteiger partial charge < -0.3 is 21.1 Å². The lowest BCUT2D eigenvalue weighted by Gasteiger charge is -2.23. The van der Waals surface area contributed by atoms with Crippen LogP contribution in [0.5, 0.6) is 0 Å². The molecule has 0 aliphatic carbocycles. The number of primary amides is 1. The Balaban J connectivity index is 2.05. The zero-order valence-corrected chi connectivity index (χ0v) is 18.5. The lowest BCUT2D eigenvalue weighted by Crippen LogP contribution is -2.48. The number of ether oxygens (including phenoxy) is 1. The summed E-state index contributed by atoms with van der Waals surface area (Å²) in [5, 5.41) is 5.21. The maximum Gasteiger partial charge on any atom is 0.408 e. The lowest BCUT2D eigenvalue weighted by molar-refractivity contribution is -0.122. The van der Waals surface area contributed by atoms with Crippen molar-refractivity contribution in [1.29, 1.82) is 0 Å². The van der Waals surface area contributed by atoms with Crippen molar-refractivity contribution in [2.75, 3.05) is 7.05 Å². The lowest BCUT2D eigenvalue weighted by atomic mass is 9.99. The summed E-state index contributed by atoms with van der Waals surface area (Å²) in [6.07, 6.45) is 0.664. The molecule has 0 aliphatic rings. The first-order valence-corrected chi connectivity index (χ1v) is 10.2. The SMILES string of the molecule is CNC(=O)[C@H](Cc1ccc(-c2ccc(CCC(N)=O)cc2)cc1)NC(=O)OC(C)(C)C. The third kappa shape index (κ3) is 8.12. The van der Waals surface area contributed by atoms with E-state index in [-0.39, 0.29) is 11.8 Å². The van der Waals surface area contributed by atoms with Gasteiger partial charge in [-0.05, 0) is 49.4 Å². The summed E-state index contributed by atoms with van der Waals surface area (Å²) in [6, 6.07) is 15.1. The summed E-state index contributed by atoms with van der Waals surface area (Å²) in [5.41, 5.74) is 8.59. The summed E-state index contributed by atoms with van der Waals surface area (Å²) in [6.45, 7) is 5.31. The molecule has 2 aromatic carbocycles. The van der Waals surface area contributed by atoms with Gasteiger partial charge in [-0.2, -0.15) is 0 Å². The Labute approximate surface area is 183 Å². The van der Waals surface area contributed by atoms with E-state index in [9.17, 15) is 14.4 Å². The molecule has 31 heavy (non-hydrogen) atoms. The van der Waals surface area contributed by atoms with Crippen LogP contribution >= 0.6 is 0 Å². The van der Waals surface area contributed by atoms with E-state index < -0.39 is 17.7 Å². The predicted molar refractivity (Wildman–Crippen MR) is 120 cm³/mol. The largest absolute Gasteiger partial charge is 0.444 e. The Kier molecular flexibility index (Phi) is 8.19. The average Bonchev–Trinajstić information content (AvgIpc) is 2.70. The van der Waals surface area contributed by atoms with E-state index in [1.54, 1.807) is 20.8 Å². The fourth-order valence-electron chi connectivity index (χ4n) is 3.03. The van der Waals surface area contributed by atoms with Crippen molar-refractivity contribution in [3.05, 3.63) is 59.7 Å². The number of hydrogen-bond donors (Lipinski definition) is 3. The van der Waals surface area contributed by atoms with Gasteiger partial charge in [0, 0.05) is 19.9 Å². The predicted octanol–water partition coefficient (Wildman–Crippen LogP) is 2.95. The van der Waals surface area contributed by atoms with Gasteiger partial charge in [0.05, 0.1) is 0 Å². The number of aryl methyl sites for hydroxylation is 1. The van der Waals surface area contributed by atoms with Crippen molar-refractivity contribution in [2.45, 2.75) is 51.7 Å². The second-order valence-electron chi connectivity index (χ2n) is 8.38. The Bertz CT molecular complexity index is 900. The molecule has 7 nitrogen and oxygen atoms in total. The van der Waals surface area contributed by atoms with E-state index in [1.165, 1.54) is 7.05 Å². The molecule has 7 heteroatoms. The first kappa shape index (κ1) is 23.9. The first-order chi connectivity index (χ1) is 14.6. The highest BCUT2D eigenvalue weighted by molar-refractivity contribution is 5.85. The second-order valence-corrected chi connectivity index (χ2v) is 8.38. The van der Waals surface area contributed by atoms with Crippen molar-refractivity contribution in [2.24, 2.45) is 5.73 Å². The quantitative estimate of drug-likeness (QED) is 0.604. The van der Waals surface area contributed by atoms with Crippen LogP contribution in [0.25, 0.3) is 11.1 Å². The van der Waals surface area contributed by atoms with Crippen LogP contribution in [0.1, 0.15) is 38.3 Å². The summed E-state index contributed by atoms with van der Waals surface area (Å²) >= 11 is 0. The Morgan fingerprint density at radius 3 is 1.90 bits per heavy atom. The number of rotatable bonds is 8. The number of nitrogens with one attached hydrogen (secondary N) is 2. The number of alkyl carbamates (subject to hydrolysis) is 1. The fourth-order valence-corrected chi connectivity index (χ4v) is 3.03. The number of likely N-dealkylation sites (N-methyl/N-ethyl adjacent to an activating group) is 1. The molecule has 4 N–H and O–H groups in total. The highest BCUT2D eigenvalue weighted by Gasteiger charge is 2.24. The van der Waals surface area contributed by atoms with Crippen molar-refractivity contribution in [1.82, 2.24) is 10.6 Å². The van der Waals surface area contributed by atoms with E-state index in [2.05, 4.69) is 10.6 Å². The molecule has 166 valence electrons. The minimum absolute atomic E-state index is 0.290. The van der Waals surface area contributed by atoms with Gasteiger partial charge in [-0.3, -0.25) is 9.59 Å². The van der Waals surface area contributed by atoms with Crippen molar-refractivity contribution >= 4 is 17.9 Å². The van der Waals surface area contributed by atoms with Crippen LogP contribution in [0, 0.1) is 0 Å². The minimum Gasteiger partial charge on any atom is -0.444 e. The standard InChI is InChI=1S/C24H31N3O4/c1-24(2,3)31-23(30)27-20(22(29)26-4)15-17-7-12-19(13-8-17)18-10-5-16(6-11-18)9-14-21(25)28/h5-8,10-13,20H,9,14-15H2,1-4H3,(H2,25,28)(H,26,29)(H,27,30)/t20-/m0/s1. The van der Waals surface area contributed by atoms with E-state index in [4.69, 9.17) is 10.5 Å². The topological polar surface area (TPSA) is 111 Å². The fraction of sp³-hybridized carbons (Fsp3) is 0.375. The summed E-state index contributed by atoms with van der Waals surface area (Å²) in [4.78, 5) is 35.2. The zero-order valence-electron chi connectivity index (χ0n) is 18.5. The van der Waals surface area contributed by atoms with Gasteiger partial charge in [-0.1, -0.05) is 48.5 Å². The van der Waals surface area contributed by atoms with E-state index >= 15 is 0 Å². The Morgan fingerprint density at radius 2 is 1.45 bits per heavy atom. The smallest absolute Gasteiger partial charge is 0.408 e. The molecule has 0 unspecified atom stereocenters. The van der Waals surface area contributed by atoms with Crippen LogP contribution < -0.4 is 16.4 Å². The molecule has 0 saturated heterocycles. The molecule has 0 radical (unpaired) electrons. The maximum absolute atomic E-state index is 12.2. The van der Waals surface area contributed by atoms with Gasteiger partial charge in [-0.15, -0.1) is 0 Å². The minimum atomic E-state index is -0.741. The number of amides is 3. The highest BCUT2D eigenvalue weighted by atomic mass is 16.6. The van der Waals surface area contributed by atoms with Gasteiger partial charge in [0.2, 0.25) is 11.8 Å². The van der Waals surface area contributed by atoms with Crippen LogP contribution in [0.4, 0.5) is 4.79 Å². The molecular weight excluding hydrogens is 394 g/mol. The van der Waals surface area contributed by atoms with Gasteiger partial charge in [0.15, 0.2) is 0 Å². The second kappa shape index (κ2) is 10.6. The van der Waals surface area contributed by atoms with Crippen LogP contribution in [-0.4, -0.2) is 36.6 Å². The number of carbonyl (C=O) groups is 3. The van der Waals surface area contributed by atoms with Gasteiger partial charge in [0.1, 0.15) is 11.6 Å². The first-order valence-electron chi connectivity index (χ1n) is 10.2. The monoisotopic (exact) mass is 425 g/mol. The summed E-state index contributed by atoms with van der Waals surface area (Å²) in [7, 11) is 1.53. The number of nitrogens with two attached hydrogens (primary N) is 1. The molecule has 2 aromatic rings. The molecule has 0 aromatic heterocycles.